The van der Waals surface area contributed by atoms with Crippen molar-refractivity contribution in [1.29, 1.82) is 0 Å². The lowest BCUT2D eigenvalue weighted by Gasteiger charge is -2.21. The first-order valence-corrected chi connectivity index (χ1v) is 6.29. The molecule has 1 N–H and O–H groups in total. The van der Waals surface area contributed by atoms with Crippen molar-refractivity contribution in [2.45, 2.75) is 44.9 Å². The van der Waals surface area contributed by atoms with Crippen LogP contribution < -0.4 is 0 Å². The van der Waals surface area contributed by atoms with Crippen LogP contribution in [0.1, 0.15) is 61.6 Å². The molecule has 0 spiro atoms. The smallest absolute Gasteiger partial charge is 0.326 e. The number of halogens is 1. The van der Waals surface area contributed by atoms with Gasteiger partial charge in [0, 0.05) is 0 Å². The third-order valence-corrected chi connectivity index (χ3v) is 3.29. The second-order valence-electron chi connectivity index (χ2n) is 4.86. The van der Waals surface area contributed by atoms with E-state index in [1.807, 2.05) is 45.9 Å². The van der Waals surface area contributed by atoms with Gasteiger partial charge in [0.15, 0.2) is 5.38 Å². The molecule has 1 rings (SSSR count). The highest BCUT2D eigenvalue weighted by Crippen LogP contribution is 2.35. The Labute approximate surface area is 108 Å². The molecule has 0 amide bonds. The van der Waals surface area contributed by atoms with E-state index in [2.05, 4.69) is 0 Å². The molecule has 3 heteroatoms. The zero-order valence-electron chi connectivity index (χ0n) is 10.7. The lowest BCUT2D eigenvalue weighted by Crippen LogP contribution is -2.12. The molecule has 0 saturated carbocycles. The quantitative estimate of drug-likeness (QED) is 0.814. The van der Waals surface area contributed by atoms with Gasteiger partial charge in [-0.3, -0.25) is 4.79 Å². The van der Waals surface area contributed by atoms with Gasteiger partial charge in [0.25, 0.3) is 0 Å². The summed E-state index contributed by atoms with van der Waals surface area (Å²) in [6.45, 7) is 8.20. The van der Waals surface area contributed by atoms with Crippen LogP contribution in [0.2, 0.25) is 0 Å². The van der Waals surface area contributed by atoms with Gasteiger partial charge in [-0.25, -0.2) is 0 Å². The summed E-state index contributed by atoms with van der Waals surface area (Å²) >= 11 is 6.04. The molecule has 1 atom stereocenters. The van der Waals surface area contributed by atoms with E-state index in [0.717, 1.165) is 16.7 Å². The Morgan fingerprint density at radius 3 is 1.82 bits per heavy atom. The Bertz CT molecular complexity index is 384. The van der Waals surface area contributed by atoms with E-state index >= 15 is 0 Å². The molecule has 1 unspecified atom stereocenters. The summed E-state index contributed by atoms with van der Waals surface area (Å²) in [7, 11) is 0. The maximum Gasteiger partial charge on any atom is 0.326 e. The third kappa shape index (κ3) is 3.01. The van der Waals surface area contributed by atoms with Gasteiger partial charge in [-0.2, -0.15) is 0 Å². The molecule has 2 nitrogen and oxygen atoms in total. The topological polar surface area (TPSA) is 37.3 Å². The minimum Gasteiger partial charge on any atom is -0.480 e. The summed E-state index contributed by atoms with van der Waals surface area (Å²) in [6.07, 6.45) is 0. The number of carbonyl (C=O) groups is 1. The van der Waals surface area contributed by atoms with E-state index in [-0.39, 0.29) is 11.8 Å². The Kier molecular flexibility index (Phi) is 4.58. The van der Waals surface area contributed by atoms with Crippen LogP contribution in [0.5, 0.6) is 0 Å². The Morgan fingerprint density at radius 2 is 1.53 bits per heavy atom. The van der Waals surface area contributed by atoms with Crippen LogP contribution in [-0.2, 0) is 4.79 Å². The summed E-state index contributed by atoms with van der Waals surface area (Å²) in [6, 6.07) is 5.90. The third-order valence-electron chi connectivity index (χ3n) is 2.89. The molecule has 0 aliphatic rings. The standard InChI is InChI=1S/C14H19ClO2/c1-8(2)10-6-5-7-11(9(3)4)12(10)13(15)14(16)17/h5-9,13H,1-4H3,(H,16,17). The van der Waals surface area contributed by atoms with Crippen LogP contribution in [0, 0.1) is 0 Å². The number of alkyl halides is 1. The zero-order chi connectivity index (χ0) is 13.2. The Morgan fingerprint density at radius 1 is 1.12 bits per heavy atom. The first-order chi connectivity index (χ1) is 7.86. The number of carboxylic acids is 1. The van der Waals surface area contributed by atoms with Gasteiger partial charge in [0.2, 0.25) is 0 Å². The number of rotatable bonds is 4. The summed E-state index contributed by atoms with van der Waals surface area (Å²) in [5, 5.41) is 8.15. The van der Waals surface area contributed by atoms with E-state index in [1.54, 1.807) is 0 Å². The minimum absolute atomic E-state index is 0.268. The fraction of sp³-hybridized carbons (Fsp3) is 0.500. The van der Waals surface area contributed by atoms with E-state index in [4.69, 9.17) is 16.7 Å². The maximum atomic E-state index is 11.1. The van der Waals surface area contributed by atoms with Crippen LogP contribution in [-0.4, -0.2) is 11.1 Å². The highest BCUT2D eigenvalue weighted by atomic mass is 35.5. The monoisotopic (exact) mass is 254 g/mol. The van der Waals surface area contributed by atoms with E-state index in [0.29, 0.717) is 0 Å². The first-order valence-electron chi connectivity index (χ1n) is 5.85. The fourth-order valence-electron chi connectivity index (χ4n) is 2.02. The van der Waals surface area contributed by atoms with E-state index < -0.39 is 11.3 Å². The number of aliphatic carboxylic acids is 1. The van der Waals surface area contributed by atoms with Crippen LogP contribution >= 0.6 is 11.6 Å². The molecule has 0 aliphatic carbocycles. The SMILES string of the molecule is CC(C)c1cccc(C(C)C)c1C(Cl)C(=O)O. The predicted octanol–water partition coefficient (Wildman–Crippen LogP) is 4.30. The average molecular weight is 255 g/mol. The molecular weight excluding hydrogens is 236 g/mol. The second-order valence-corrected chi connectivity index (χ2v) is 5.30. The first kappa shape index (κ1) is 14.0. The van der Waals surface area contributed by atoms with Crippen molar-refractivity contribution >= 4 is 17.6 Å². The fourth-order valence-corrected chi connectivity index (χ4v) is 2.28. The molecule has 0 saturated heterocycles. The molecule has 0 fully saturated rings. The molecule has 0 aliphatic heterocycles. The number of carboxylic acid groups (broad SMARTS) is 1. The predicted molar refractivity (Wildman–Crippen MR) is 70.8 cm³/mol. The van der Waals surface area contributed by atoms with Crippen molar-refractivity contribution in [2.75, 3.05) is 0 Å². The van der Waals surface area contributed by atoms with Crippen molar-refractivity contribution in [3.63, 3.8) is 0 Å². The molecule has 0 radical (unpaired) electrons. The number of hydrogen-bond donors (Lipinski definition) is 1. The van der Waals surface area contributed by atoms with Crippen molar-refractivity contribution in [3.05, 3.63) is 34.9 Å². The number of benzene rings is 1. The summed E-state index contributed by atoms with van der Waals surface area (Å²) in [5.41, 5.74) is 2.82. The van der Waals surface area contributed by atoms with E-state index in [1.165, 1.54) is 0 Å². The van der Waals surface area contributed by atoms with E-state index in [9.17, 15) is 4.79 Å². The van der Waals surface area contributed by atoms with Crippen molar-refractivity contribution in [2.24, 2.45) is 0 Å². The molecule has 0 aromatic heterocycles. The van der Waals surface area contributed by atoms with Gasteiger partial charge in [-0.05, 0) is 28.5 Å². The summed E-state index contributed by atoms with van der Waals surface area (Å²) < 4.78 is 0. The molecule has 94 valence electrons. The lowest BCUT2D eigenvalue weighted by molar-refractivity contribution is -0.136. The number of hydrogen-bond acceptors (Lipinski definition) is 1. The Hall–Kier alpha value is -1.02. The van der Waals surface area contributed by atoms with Gasteiger partial charge in [-0.15, -0.1) is 11.6 Å². The summed E-state index contributed by atoms with van der Waals surface area (Å²) in [4.78, 5) is 11.1. The average Bonchev–Trinajstić information content (AvgIpc) is 2.26. The zero-order valence-corrected chi connectivity index (χ0v) is 11.5. The Balaban J connectivity index is 3.43. The summed E-state index contributed by atoms with van der Waals surface area (Å²) in [5.74, 6) is -0.449. The van der Waals surface area contributed by atoms with Gasteiger partial charge in [0.1, 0.15) is 0 Å². The van der Waals surface area contributed by atoms with Gasteiger partial charge >= 0.3 is 5.97 Å². The van der Waals surface area contributed by atoms with Crippen molar-refractivity contribution in [1.82, 2.24) is 0 Å². The molecular formula is C14H19ClO2. The van der Waals surface area contributed by atoms with Gasteiger partial charge < -0.3 is 5.11 Å². The van der Waals surface area contributed by atoms with Crippen LogP contribution in [0.25, 0.3) is 0 Å². The van der Waals surface area contributed by atoms with Crippen molar-refractivity contribution in [3.8, 4) is 0 Å². The van der Waals surface area contributed by atoms with Gasteiger partial charge in [0.05, 0.1) is 0 Å². The van der Waals surface area contributed by atoms with Crippen LogP contribution in [0.15, 0.2) is 18.2 Å². The van der Waals surface area contributed by atoms with Gasteiger partial charge in [-0.1, -0.05) is 45.9 Å². The highest BCUT2D eigenvalue weighted by molar-refractivity contribution is 6.29. The highest BCUT2D eigenvalue weighted by Gasteiger charge is 2.25. The largest absolute Gasteiger partial charge is 0.480 e. The molecule has 0 heterocycles. The minimum atomic E-state index is -0.985. The van der Waals surface area contributed by atoms with Crippen LogP contribution in [0.3, 0.4) is 0 Å². The maximum absolute atomic E-state index is 11.1. The van der Waals surface area contributed by atoms with Crippen LogP contribution in [0.4, 0.5) is 0 Å². The molecule has 1 aromatic rings. The second kappa shape index (κ2) is 5.54. The normalized spacial score (nSPS) is 13.1. The molecule has 17 heavy (non-hydrogen) atoms. The van der Waals surface area contributed by atoms with Crippen molar-refractivity contribution < 1.29 is 9.90 Å². The molecule has 1 aromatic carbocycles. The molecule has 0 bridgehead atoms. The lowest BCUT2D eigenvalue weighted by atomic mass is 9.87.